The Bertz CT molecular complexity index is 545. The minimum atomic E-state index is -0.588. The molecule has 18 heavy (non-hydrogen) atoms. The van der Waals surface area contributed by atoms with Gasteiger partial charge in [0.05, 0.1) is 0 Å². The third-order valence-corrected chi connectivity index (χ3v) is 3.43. The Hall–Kier alpha value is -1.39. The van der Waals surface area contributed by atoms with E-state index in [1.54, 1.807) is 12.1 Å². The number of hydrogen-bond donors (Lipinski definition) is 2. The number of aromatic hydroxyl groups is 1. The zero-order valence-electron chi connectivity index (χ0n) is 9.66. The largest absolute Gasteiger partial charge is 0.505 e. The summed E-state index contributed by atoms with van der Waals surface area (Å²) in [4.78, 5) is 0. The van der Waals surface area contributed by atoms with Gasteiger partial charge in [0, 0.05) is 23.1 Å². The van der Waals surface area contributed by atoms with Crippen molar-refractivity contribution in [2.24, 2.45) is 0 Å². The summed E-state index contributed by atoms with van der Waals surface area (Å²) in [5.41, 5.74) is 1.68. The van der Waals surface area contributed by atoms with E-state index in [0.717, 1.165) is 10.0 Å². The van der Waals surface area contributed by atoms with Crippen molar-refractivity contribution in [1.29, 1.82) is 0 Å². The number of benzene rings is 2. The van der Waals surface area contributed by atoms with Crippen LogP contribution in [0, 0.1) is 5.82 Å². The van der Waals surface area contributed by atoms with E-state index >= 15 is 0 Å². The molecule has 0 radical (unpaired) electrons. The van der Waals surface area contributed by atoms with Crippen LogP contribution >= 0.6 is 15.9 Å². The van der Waals surface area contributed by atoms with Crippen LogP contribution in [0.4, 0.5) is 4.39 Å². The summed E-state index contributed by atoms with van der Waals surface area (Å²) in [6.45, 7) is 1.07. The van der Waals surface area contributed by atoms with E-state index in [2.05, 4.69) is 21.2 Å². The van der Waals surface area contributed by atoms with Crippen LogP contribution in [0.2, 0.25) is 0 Å². The molecule has 2 aromatic carbocycles. The Morgan fingerprint density at radius 2 is 1.67 bits per heavy atom. The van der Waals surface area contributed by atoms with Gasteiger partial charge in [0.25, 0.3) is 0 Å². The number of para-hydroxylation sites is 1. The molecule has 0 heterocycles. The molecule has 0 aliphatic carbocycles. The quantitative estimate of drug-likeness (QED) is 0.904. The number of phenols is 1. The molecule has 2 aromatic rings. The third kappa shape index (κ3) is 3.09. The summed E-state index contributed by atoms with van der Waals surface area (Å²) in [6.07, 6.45) is 0. The summed E-state index contributed by atoms with van der Waals surface area (Å²) in [5, 5.41) is 12.7. The lowest BCUT2D eigenvalue weighted by atomic mass is 10.2. The predicted molar refractivity (Wildman–Crippen MR) is 72.8 cm³/mol. The number of hydrogen-bond acceptors (Lipinski definition) is 2. The standard InChI is InChI=1S/C14H13BrFNO/c15-12-6-2-1-4-10(12)8-17-9-11-5-3-7-13(16)14(11)18/h1-7,17-18H,8-9H2. The molecule has 2 nitrogen and oxygen atoms in total. The maximum absolute atomic E-state index is 13.1. The van der Waals surface area contributed by atoms with Crippen molar-refractivity contribution in [3.05, 3.63) is 63.9 Å². The lowest BCUT2D eigenvalue weighted by Crippen LogP contribution is -2.13. The number of phenolic OH excluding ortho intramolecular Hbond substituents is 1. The fraction of sp³-hybridized carbons (Fsp3) is 0.143. The fourth-order valence-corrected chi connectivity index (χ4v) is 2.10. The Morgan fingerprint density at radius 3 is 2.44 bits per heavy atom. The Kier molecular flexibility index (Phi) is 4.33. The fourth-order valence-electron chi connectivity index (χ4n) is 1.68. The second kappa shape index (κ2) is 5.98. The Balaban J connectivity index is 1.97. The summed E-state index contributed by atoms with van der Waals surface area (Å²) in [6, 6.07) is 12.4. The lowest BCUT2D eigenvalue weighted by molar-refractivity contribution is 0.423. The van der Waals surface area contributed by atoms with E-state index in [0.29, 0.717) is 18.7 Å². The Labute approximate surface area is 114 Å². The molecule has 0 atom stereocenters. The third-order valence-electron chi connectivity index (χ3n) is 2.66. The second-order valence-electron chi connectivity index (χ2n) is 3.94. The van der Waals surface area contributed by atoms with Gasteiger partial charge in [-0.1, -0.05) is 46.3 Å². The van der Waals surface area contributed by atoms with Gasteiger partial charge < -0.3 is 10.4 Å². The highest BCUT2D eigenvalue weighted by molar-refractivity contribution is 9.10. The predicted octanol–water partition coefficient (Wildman–Crippen LogP) is 3.58. The zero-order valence-corrected chi connectivity index (χ0v) is 11.2. The first-order valence-corrected chi connectivity index (χ1v) is 6.38. The molecule has 0 saturated carbocycles. The first-order chi connectivity index (χ1) is 8.68. The molecule has 0 saturated heterocycles. The van der Waals surface area contributed by atoms with E-state index in [-0.39, 0.29) is 5.75 Å². The second-order valence-corrected chi connectivity index (χ2v) is 4.80. The van der Waals surface area contributed by atoms with Gasteiger partial charge in [-0.05, 0) is 17.7 Å². The van der Waals surface area contributed by atoms with E-state index < -0.39 is 5.82 Å². The minimum Gasteiger partial charge on any atom is -0.505 e. The van der Waals surface area contributed by atoms with Crippen molar-refractivity contribution < 1.29 is 9.50 Å². The summed E-state index contributed by atoms with van der Waals surface area (Å²) in [5.74, 6) is -0.868. The van der Waals surface area contributed by atoms with E-state index in [1.807, 2.05) is 24.3 Å². The zero-order chi connectivity index (χ0) is 13.0. The van der Waals surface area contributed by atoms with Gasteiger partial charge in [-0.3, -0.25) is 0 Å². The van der Waals surface area contributed by atoms with Crippen molar-refractivity contribution in [3.63, 3.8) is 0 Å². The average Bonchev–Trinajstić information content (AvgIpc) is 2.37. The van der Waals surface area contributed by atoms with Crippen LogP contribution in [0.1, 0.15) is 11.1 Å². The summed E-state index contributed by atoms with van der Waals surface area (Å²) in [7, 11) is 0. The molecule has 0 fully saturated rings. The van der Waals surface area contributed by atoms with E-state index in [4.69, 9.17) is 0 Å². The summed E-state index contributed by atoms with van der Waals surface area (Å²) < 4.78 is 14.1. The van der Waals surface area contributed by atoms with Crippen LogP contribution < -0.4 is 5.32 Å². The normalized spacial score (nSPS) is 10.6. The van der Waals surface area contributed by atoms with Crippen LogP contribution in [-0.4, -0.2) is 5.11 Å². The van der Waals surface area contributed by atoms with Crippen LogP contribution in [-0.2, 0) is 13.1 Å². The lowest BCUT2D eigenvalue weighted by Gasteiger charge is -2.08. The van der Waals surface area contributed by atoms with Crippen LogP contribution in [0.15, 0.2) is 46.9 Å². The molecular formula is C14H13BrFNO. The van der Waals surface area contributed by atoms with Crippen LogP contribution in [0.5, 0.6) is 5.75 Å². The molecule has 0 bridgehead atoms. The molecule has 0 unspecified atom stereocenters. The number of nitrogens with one attached hydrogen (secondary N) is 1. The first-order valence-electron chi connectivity index (χ1n) is 5.59. The molecule has 2 N–H and O–H groups in total. The van der Waals surface area contributed by atoms with Crippen molar-refractivity contribution in [3.8, 4) is 5.75 Å². The topological polar surface area (TPSA) is 32.3 Å². The van der Waals surface area contributed by atoms with Crippen molar-refractivity contribution in [2.75, 3.05) is 0 Å². The first kappa shape index (κ1) is 13.1. The number of rotatable bonds is 4. The molecule has 0 spiro atoms. The van der Waals surface area contributed by atoms with Gasteiger partial charge in [0.1, 0.15) is 0 Å². The van der Waals surface area contributed by atoms with Gasteiger partial charge in [0.15, 0.2) is 11.6 Å². The smallest absolute Gasteiger partial charge is 0.165 e. The van der Waals surface area contributed by atoms with Gasteiger partial charge in [-0.15, -0.1) is 0 Å². The molecule has 0 aliphatic rings. The average molecular weight is 310 g/mol. The highest BCUT2D eigenvalue weighted by Gasteiger charge is 2.06. The number of halogens is 2. The van der Waals surface area contributed by atoms with Crippen molar-refractivity contribution >= 4 is 15.9 Å². The molecule has 0 aliphatic heterocycles. The SMILES string of the molecule is Oc1c(F)cccc1CNCc1ccccc1Br. The monoisotopic (exact) mass is 309 g/mol. The highest BCUT2D eigenvalue weighted by Crippen LogP contribution is 2.21. The maximum atomic E-state index is 13.1. The molecule has 0 amide bonds. The van der Waals surface area contributed by atoms with Gasteiger partial charge in [-0.25, -0.2) is 4.39 Å². The van der Waals surface area contributed by atoms with E-state index in [9.17, 15) is 9.50 Å². The summed E-state index contributed by atoms with van der Waals surface area (Å²) >= 11 is 3.46. The molecule has 4 heteroatoms. The molecular weight excluding hydrogens is 297 g/mol. The van der Waals surface area contributed by atoms with Crippen molar-refractivity contribution in [2.45, 2.75) is 13.1 Å². The van der Waals surface area contributed by atoms with E-state index in [1.165, 1.54) is 6.07 Å². The van der Waals surface area contributed by atoms with Gasteiger partial charge in [-0.2, -0.15) is 0 Å². The minimum absolute atomic E-state index is 0.280. The van der Waals surface area contributed by atoms with Crippen LogP contribution in [0.3, 0.4) is 0 Å². The van der Waals surface area contributed by atoms with Gasteiger partial charge in [0.2, 0.25) is 0 Å². The van der Waals surface area contributed by atoms with Crippen LogP contribution in [0.25, 0.3) is 0 Å². The highest BCUT2D eigenvalue weighted by atomic mass is 79.9. The van der Waals surface area contributed by atoms with Crippen molar-refractivity contribution in [1.82, 2.24) is 5.32 Å². The Morgan fingerprint density at radius 1 is 1.00 bits per heavy atom. The van der Waals surface area contributed by atoms with Gasteiger partial charge >= 0.3 is 0 Å². The maximum Gasteiger partial charge on any atom is 0.165 e. The molecule has 94 valence electrons. The molecule has 0 aromatic heterocycles. The molecule has 2 rings (SSSR count).